The highest BCUT2D eigenvalue weighted by Crippen LogP contribution is 2.39. The van der Waals surface area contributed by atoms with Crippen molar-refractivity contribution in [2.45, 2.75) is 4.90 Å². The van der Waals surface area contributed by atoms with Gasteiger partial charge in [-0.2, -0.15) is 5.26 Å². The molecule has 0 aromatic heterocycles. The monoisotopic (exact) mass is 332 g/mol. The zero-order valence-electron chi connectivity index (χ0n) is 10.9. The number of halogens is 2. The minimum Gasteiger partial charge on any atom is -0.356 e. The lowest BCUT2D eigenvalue weighted by Gasteiger charge is -2.22. The lowest BCUT2D eigenvalue weighted by Crippen LogP contribution is -2.11. The number of nitrogens with one attached hydrogen (secondary N) is 1. The van der Waals surface area contributed by atoms with Crippen molar-refractivity contribution < 1.29 is 0 Å². The van der Waals surface area contributed by atoms with Gasteiger partial charge in [0, 0.05) is 21.9 Å². The van der Waals surface area contributed by atoms with E-state index >= 15 is 0 Å². The maximum absolute atomic E-state index is 9.55. The van der Waals surface area contributed by atoms with E-state index in [0.29, 0.717) is 26.9 Å². The summed E-state index contributed by atoms with van der Waals surface area (Å²) < 4.78 is 0. The van der Waals surface area contributed by atoms with E-state index in [4.69, 9.17) is 23.2 Å². The van der Waals surface area contributed by atoms with Gasteiger partial charge in [0.05, 0.1) is 21.3 Å². The average Bonchev–Trinajstić information content (AvgIpc) is 2.50. The quantitative estimate of drug-likeness (QED) is 0.705. The molecule has 21 heavy (non-hydrogen) atoms. The second-order valence-corrected chi connectivity index (χ2v) is 6.30. The second-order valence-electron chi connectivity index (χ2n) is 4.47. The highest BCUT2D eigenvalue weighted by atomic mass is 35.5. The van der Waals surface area contributed by atoms with E-state index in [1.54, 1.807) is 30.0 Å². The Morgan fingerprint density at radius 3 is 2.52 bits per heavy atom. The number of para-hydroxylation sites is 1. The molecule has 2 aromatic carbocycles. The molecule has 5 heteroatoms. The standard InChI is InChI=1S/C16H10Cl2N2S/c17-11-4-3-5-12(18)16(11)10(8-19)14-9-21-15-7-2-1-6-13(15)20-14/h1-7,20H,9H2/b14-10-. The van der Waals surface area contributed by atoms with Crippen molar-refractivity contribution in [3.05, 3.63) is 63.8 Å². The summed E-state index contributed by atoms with van der Waals surface area (Å²) in [5.41, 5.74) is 2.91. The van der Waals surface area contributed by atoms with Gasteiger partial charge in [0.2, 0.25) is 0 Å². The molecular weight excluding hydrogens is 323 g/mol. The maximum Gasteiger partial charge on any atom is 0.102 e. The molecule has 1 heterocycles. The predicted molar refractivity (Wildman–Crippen MR) is 89.8 cm³/mol. The molecule has 1 aliphatic heterocycles. The second kappa shape index (κ2) is 6.03. The summed E-state index contributed by atoms with van der Waals surface area (Å²) in [5, 5.41) is 13.8. The number of allylic oxidation sites excluding steroid dienone is 1. The van der Waals surface area contributed by atoms with Crippen molar-refractivity contribution >= 4 is 46.2 Å². The van der Waals surface area contributed by atoms with Crippen LogP contribution in [0.15, 0.2) is 53.1 Å². The van der Waals surface area contributed by atoms with Gasteiger partial charge in [-0.25, -0.2) is 0 Å². The summed E-state index contributed by atoms with van der Waals surface area (Å²) in [6.07, 6.45) is 0. The van der Waals surface area contributed by atoms with Gasteiger partial charge in [-0.3, -0.25) is 0 Å². The van der Waals surface area contributed by atoms with Gasteiger partial charge in [0.15, 0.2) is 0 Å². The van der Waals surface area contributed by atoms with E-state index in [1.165, 1.54) is 4.90 Å². The number of fused-ring (bicyclic) bond motifs is 1. The van der Waals surface area contributed by atoms with Gasteiger partial charge >= 0.3 is 0 Å². The minimum atomic E-state index is 0.484. The van der Waals surface area contributed by atoms with E-state index in [1.807, 2.05) is 18.2 Å². The predicted octanol–water partition coefficient (Wildman–Crippen LogP) is 5.45. The Morgan fingerprint density at radius 2 is 1.81 bits per heavy atom. The molecule has 0 fully saturated rings. The summed E-state index contributed by atoms with van der Waals surface area (Å²) in [7, 11) is 0. The van der Waals surface area contributed by atoms with Gasteiger partial charge in [-0.05, 0) is 24.3 Å². The summed E-state index contributed by atoms with van der Waals surface area (Å²) in [4.78, 5) is 1.17. The first-order valence-corrected chi connectivity index (χ1v) is 8.01. The van der Waals surface area contributed by atoms with Crippen LogP contribution in [0.4, 0.5) is 5.69 Å². The number of thioether (sulfide) groups is 1. The number of nitrogens with zero attached hydrogens (tertiary/aromatic N) is 1. The van der Waals surface area contributed by atoms with Gasteiger partial charge in [-0.15, -0.1) is 11.8 Å². The summed E-state index contributed by atoms with van der Waals surface area (Å²) in [5.74, 6) is 0.682. The molecule has 0 bridgehead atoms. The largest absolute Gasteiger partial charge is 0.356 e. The third kappa shape index (κ3) is 2.75. The first kappa shape index (κ1) is 14.3. The smallest absolute Gasteiger partial charge is 0.102 e. The Labute approximate surface area is 137 Å². The molecule has 3 rings (SSSR count). The van der Waals surface area contributed by atoms with Gasteiger partial charge in [0.25, 0.3) is 0 Å². The van der Waals surface area contributed by atoms with Crippen molar-refractivity contribution in [1.82, 2.24) is 0 Å². The normalized spacial score (nSPS) is 15.7. The third-order valence-electron chi connectivity index (χ3n) is 3.17. The van der Waals surface area contributed by atoms with Crippen LogP contribution in [0.25, 0.3) is 5.57 Å². The Morgan fingerprint density at radius 1 is 1.10 bits per heavy atom. The first-order chi connectivity index (χ1) is 10.2. The molecule has 1 aliphatic rings. The third-order valence-corrected chi connectivity index (χ3v) is 4.90. The molecule has 104 valence electrons. The van der Waals surface area contributed by atoms with Gasteiger partial charge < -0.3 is 5.32 Å². The average molecular weight is 333 g/mol. The van der Waals surface area contributed by atoms with Crippen LogP contribution >= 0.6 is 35.0 Å². The lowest BCUT2D eigenvalue weighted by molar-refractivity contribution is 1.29. The Balaban J connectivity index is 2.11. The molecule has 0 radical (unpaired) electrons. The fourth-order valence-corrected chi connectivity index (χ4v) is 3.74. The molecular formula is C16H10Cl2N2S. The van der Waals surface area contributed by atoms with Crippen LogP contribution in [-0.4, -0.2) is 5.75 Å². The molecule has 0 atom stereocenters. The van der Waals surface area contributed by atoms with Gasteiger partial charge in [-0.1, -0.05) is 41.4 Å². The molecule has 0 saturated carbocycles. The molecule has 0 saturated heterocycles. The van der Waals surface area contributed by atoms with Gasteiger partial charge in [0.1, 0.15) is 6.07 Å². The number of anilines is 1. The first-order valence-electron chi connectivity index (χ1n) is 6.27. The van der Waals surface area contributed by atoms with Crippen LogP contribution in [0.2, 0.25) is 10.0 Å². The highest BCUT2D eigenvalue weighted by molar-refractivity contribution is 7.99. The summed E-state index contributed by atoms with van der Waals surface area (Å²) in [6.45, 7) is 0. The highest BCUT2D eigenvalue weighted by Gasteiger charge is 2.20. The van der Waals surface area contributed by atoms with Crippen LogP contribution in [0.3, 0.4) is 0 Å². The molecule has 0 amide bonds. The van der Waals surface area contributed by atoms with Crippen LogP contribution in [0, 0.1) is 11.3 Å². The topological polar surface area (TPSA) is 35.8 Å². The fraction of sp³-hybridized carbons (Fsp3) is 0.0625. The summed E-state index contributed by atoms with van der Waals surface area (Å²) >= 11 is 14.1. The zero-order chi connectivity index (χ0) is 14.8. The van der Waals surface area contributed by atoms with E-state index in [0.717, 1.165) is 11.4 Å². The van der Waals surface area contributed by atoms with Crippen LogP contribution in [0.5, 0.6) is 0 Å². The van der Waals surface area contributed by atoms with Crippen molar-refractivity contribution in [1.29, 1.82) is 5.26 Å². The molecule has 0 aliphatic carbocycles. The van der Waals surface area contributed by atoms with Crippen molar-refractivity contribution in [2.24, 2.45) is 0 Å². The number of benzene rings is 2. The lowest BCUT2D eigenvalue weighted by atomic mass is 10.0. The van der Waals surface area contributed by atoms with E-state index < -0.39 is 0 Å². The van der Waals surface area contributed by atoms with Crippen LogP contribution in [0.1, 0.15) is 5.56 Å². The molecule has 1 N–H and O–H groups in total. The van der Waals surface area contributed by atoms with E-state index in [9.17, 15) is 5.26 Å². The number of hydrogen-bond donors (Lipinski definition) is 1. The number of nitriles is 1. The van der Waals surface area contributed by atoms with Crippen LogP contribution in [-0.2, 0) is 0 Å². The van der Waals surface area contributed by atoms with Crippen molar-refractivity contribution in [3.8, 4) is 6.07 Å². The SMILES string of the molecule is N#C/C(=C1\CSc2ccccc2N1)c1c(Cl)cccc1Cl. The maximum atomic E-state index is 9.55. The number of rotatable bonds is 1. The molecule has 2 nitrogen and oxygen atoms in total. The molecule has 0 unspecified atom stereocenters. The summed E-state index contributed by atoms with van der Waals surface area (Å²) in [6, 6.07) is 15.5. The molecule has 0 spiro atoms. The Bertz CT molecular complexity index is 758. The van der Waals surface area contributed by atoms with E-state index in [2.05, 4.69) is 17.5 Å². The van der Waals surface area contributed by atoms with Crippen molar-refractivity contribution in [2.75, 3.05) is 11.1 Å². The zero-order valence-corrected chi connectivity index (χ0v) is 13.2. The Kier molecular flexibility index (Phi) is 4.12. The van der Waals surface area contributed by atoms with Crippen molar-refractivity contribution in [3.63, 3.8) is 0 Å². The van der Waals surface area contributed by atoms with E-state index in [-0.39, 0.29) is 0 Å². The Hall–Kier alpha value is -1.60. The fourth-order valence-electron chi connectivity index (χ4n) is 2.19. The number of hydrogen-bond acceptors (Lipinski definition) is 3. The minimum absolute atomic E-state index is 0.484. The van der Waals surface area contributed by atoms with Crippen LogP contribution < -0.4 is 5.32 Å². The molecule has 2 aromatic rings.